The summed E-state index contributed by atoms with van der Waals surface area (Å²) in [5, 5.41) is 10.0. The SMILES string of the molecule is C=C[C@@]1(COC(c2ccccc2)(c2ccccc2)c2ccccc2)OC(C)(C)O[C@H]1CO. The number of hydrogen-bond acceptors (Lipinski definition) is 4. The second-order valence-corrected chi connectivity index (χ2v) is 8.52. The van der Waals surface area contributed by atoms with Crippen molar-refractivity contribution in [2.75, 3.05) is 13.2 Å². The van der Waals surface area contributed by atoms with E-state index in [1.807, 2.05) is 68.4 Å². The summed E-state index contributed by atoms with van der Waals surface area (Å²) in [7, 11) is 0. The molecule has 0 saturated carbocycles. The summed E-state index contributed by atoms with van der Waals surface area (Å²) in [4.78, 5) is 0. The Morgan fingerprint density at radius 1 is 0.875 bits per heavy atom. The van der Waals surface area contributed by atoms with Crippen LogP contribution in [0, 0.1) is 0 Å². The number of aliphatic hydroxyl groups is 1. The highest BCUT2D eigenvalue weighted by molar-refractivity contribution is 5.47. The van der Waals surface area contributed by atoms with Crippen molar-refractivity contribution in [2.24, 2.45) is 0 Å². The Labute approximate surface area is 190 Å². The summed E-state index contributed by atoms with van der Waals surface area (Å²) in [6.45, 7) is 7.61. The van der Waals surface area contributed by atoms with Crippen LogP contribution in [0.2, 0.25) is 0 Å². The van der Waals surface area contributed by atoms with Gasteiger partial charge in [0.15, 0.2) is 5.79 Å². The average molecular weight is 431 g/mol. The van der Waals surface area contributed by atoms with Gasteiger partial charge in [-0.3, -0.25) is 0 Å². The van der Waals surface area contributed by atoms with Gasteiger partial charge < -0.3 is 19.3 Å². The van der Waals surface area contributed by atoms with Gasteiger partial charge in [-0.05, 0) is 30.5 Å². The fourth-order valence-corrected chi connectivity index (χ4v) is 4.53. The van der Waals surface area contributed by atoms with Crippen molar-refractivity contribution < 1.29 is 19.3 Å². The van der Waals surface area contributed by atoms with Crippen molar-refractivity contribution in [2.45, 2.75) is 36.9 Å². The van der Waals surface area contributed by atoms with E-state index in [0.29, 0.717) is 0 Å². The third-order valence-corrected chi connectivity index (χ3v) is 5.97. The maximum Gasteiger partial charge on any atom is 0.164 e. The Balaban J connectivity index is 1.86. The number of hydrogen-bond donors (Lipinski definition) is 1. The minimum atomic E-state index is -0.998. The zero-order chi connectivity index (χ0) is 22.7. The van der Waals surface area contributed by atoms with Crippen LogP contribution in [-0.2, 0) is 19.8 Å². The first-order chi connectivity index (χ1) is 15.5. The molecule has 1 N–H and O–H groups in total. The van der Waals surface area contributed by atoms with E-state index in [1.54, 1.807) is 6.08 Å². The van der Waals surface area contributed by atoms with E-state index in [1.165, 1.54) is 0 Å². The molecule has 3 aromatic carbocycles. The molecule has 1 saturated heterocycles. The van der Waals surface area contributed by atoms with Crippen LogP contribution in [0.5, 0.6) is 0 Å². The predicted molar refractivity (Wildman–Crippen MR) is 125 cm³/mol. The summed E-state index contributed by atoms with van der Waals surface area (Å²) in [5.74, 6) is -0.861. The van der Waals surface area contributed by atoms with E-state index >= 15 is 0 Å². The maximum atomic E-state index is 10.0. The van der Waals surface area contributed by atoms with Gasteiger partial charge in [0, 0.05) is 0 Å². The van der Waals surface area contributed by atoms with Crippen LogP contribution in [0.3, 0.4) is 0 Å². The zero-order valence-electron chi connectivity index (χ0n) is 18.6. The molecule has 0 unspecified atom stereocenters. The van der Waals surface area contributed by atoms with Gasteiger partial charge in [0.05, 0.1) is 13.2 Å². The third kappa shape index (κ3) is 4.03. The van der Waals surface area contributed by atoms with Gasteiger partial charge in [0.2, 0.25) is 0 Å². The van der Waals surface area contributed by atoms with E-state index in [-0.39, 0.29) is 13.2 Å². The molecule has 1 heterocycles. The molecule has 32 heavy (non-hydrogen) atoms. The second kappa shape index (κ2) is 9.00. The van der Waals surface area contributed by atoms with Crippen LogP contribution in [0.4, 0.5) is 0 Å². The number of ether oxygens (including phenoxy) is 3. The van der Waals surface area contributed by atoms with E-state index in [4.69, 9.17) is 14.2 Å². The lowest BCUT2D eigenvalue weighted by atomic mass is 9.80. The maximum absolute atomic E-state index is 10.0. The normalized spacial score (nSPS) is 22.5. The Hall–Kier alpha value is -2.76. The monoisotopic (exact) mass is 430 g/mol. The van der Waals surface area contributed by atoms with Gasteiger partial charge in [-0.15, -0.1) is 6.58 Å². The Morgan fingerprint density at radius 3 is 1.69 bits per heavy atom. The van der Waals surface area contributed by atoms with Crippen molar-refractivity contribution in [1.29, 1.82) is 0 Å². The smallest absolute Gasteiger partial charge is 0.164 e. The molecule has 2 atom stereocenters. The summed E-state index contributed by atoms with van der Waals surface area (Å²) in [5.41, 5.74) is 1.10. The van der Waals surface area contributed by atoms with Crippen LogP contribution in [0.15, 0.2) is 104 Å². The highest BCUT2D eigenvalue weighted by Gasteiger charge is 2.53. The van der Waals surface area contributed by atoms with Crippen molar-refractivity contribution in [1.82, 2.24) is 0 Å². The molecule has 1 aliphatic heterocycles. The van der Waals surface area contributed by atoms with Crippen molar-refractivity contribution in [3.63, 3.8) is 0 Å². The highest BCUT2D eigenvalue weighted by atomic mass is 16.8. The number of benzene rings is 3. The first-order valence-corrected chi connectivity index (χ1v) is 10.9. The van der Waals surface area contributed by atoms with Gasteiger partial charge in [-0.1, -0.05) is 97.1 Å². The predicted octanol–water partition coefficient (Wildman–Crippen LogP) is 5.06. The van der Waals surface area contributed by atoms with Crippen LogP contribution in [0.25, 0.3) is 0 Å². The zero-order valence-corrected chi connectivity index (χ0v) is 18.6. The van der Waals surface area contributed by atoms with E-state index in [9.17, 15) is 5.11 Å². The first-order valence-electron chi connectivity index (χ1n) is 10.9. The lowest BCUT2D eigenvalue weighted by molar-refractivity contribution is -0.170. The summed E-state index contributed by atoms with van der Waals surface area (Å²) >= 11 is 0. The standard InChI is InChI=1S/C28H30O4/c1-4-27(25(20-29)31-26(2,3)32-27)21-30-28(22-14-8-5-9-15-22,23-16-10-6-11-17-23)24-18-12-7-13-19-24/h4-19,25,29H,1,20-21H2,2-3H3/t25-,27-/m0/s1. The Kier molecular flexibility index (Phi) is 6.31. The van der Waals surface area contributed by atoms with Gasteiger partial charge in [-0.2, -0.15) is 0 Å². The molecular formula is C28H30O4. The lowest BCUT2D eigenvalue weighted by Crippen LogP contribution is -2.48. The molecule has 1 fully saturated rings. The summed E-state index contributed by atoms with van der Waals surface area (Å²) in [6, 6.07) is 30.5. The molecule has 4 heteroatoms. The van der Waals surface area contributed by atoms with E-state index in [2.05, 4.69) is 43.0 Å². The summed E-state index contributed by atoms with van der Waals surface area (Å²) in [6.07, 6.45) is 1.10. The quantitative estimate of drug-likeness (QED) is 0.401. The molecule has 1 aliphatic rings. The van der Waals surface area contributed by atoms with Gasteiger partial charge >= 0.3 is 0 Å². The number of aliphatic hydroxyl groups excluding tert-OH is 1. The molecule has 0 spiro atoms. The van der Waals surface area contributed by atoms with E-state index < -0.39 is 23.1 Å². The molecule has 0 radical (unpaired) electrons. The molecule has 0 aliphatic carbocycles. The minimum Gasteiger partial charge on any atom is -0.394 e. The topological polar surface area (TPSA) is 47.9 Å². The van der Waals surface area contributed by atoms with Crippen LogP contribution < -0.4 is 0 Å². The van der Waals surface area contributed by atoms with Gasteiger partial charge in [0.25, 0.3) is 0 Å². The molecule has 0 amide bonds. The van der Waals surface area contributed by atoms with Crippen molar-refractivity contribution in [3.8, 4) is 0 Å². The van der Waals surface area contributed by atoms with Gasteiger partial charge in [0.1, 0.15) is 17.3 Å². The molecule has 166 valence electrons. The summed E-state index contributed by atoms with van der Waals surface area (Å²) < 4.78 is 19.1. The molecule has 3 aromatic rings. The first kappa shape index (κ1) is 22.4. The second-order valence-electron chi connectivity index (χ2n) is 8.52. The minimum absolute atomic E-state index is 0.143. The van der Waals surface area contributed by atoms with Crippen LogP contribution in [0.1, 0.15) is 30.5 Å². The Morgan fingerprint density at radius 2 is 1.31 bits per heavy atom. The molecule has 0 bridgehead atoms. The van der Waals surface area contributed by atoms with Crippen molar-refractivity contribution >= 4 is 0 Å². The lowest BCUT2D eigenvalue weighted by Gasteiger charge is -2.39. The van der Waals surface area contributed by atoms with E-state index in [0.717, 1.165) is 16.7 Å². The fraction of sp³-hybridized carbons (Fsp3) is 0.286. The molecular weight excluding hydrogens is 400 g/mol. The Bertz CT molecular complexity index is 920. The van der Waals surface area contributed by atoms with Gasteiger partial charge in [-0.25, -0.2) is 0 Å². The van der Waals surface area contributed by atoms with Crippen molar-refractivity contribution in [3.05, 3.63) is 120 Å². The number of rotatable bonds is 8. The highest BCUT2D eigenvalue weighted by Crippen LogP contribution is 2.44. The average Bonchev–Trinajstić information content (AvgIpc) is 3.12. The largest absolute Gasteiger partial charge is 0.394 e. The van der Waals surface area contributed by atoms with Crippen LogP contribution >= 0.6 is 0 Å². The molecule has 4 nitrogen and oxygen atoms in total. The van der Waals surface area contributed by atoms with Crippen LogP contribution in [-0.4, -0.2) is 35.8 Å². The molecule has 0 aromatic heterocycles. The fourth-order valence-electron chi connectivity index (χ4n) is 4.53. The third-order valence-electron chi connectivity index (χ3n) is 5.97. The molecule has 4 rings (SSSR count).